The van der Waals surface area contributed by atoms with Gasteiger partial charge in [0.05, 0.1) is 19.4 Å². The van der Waals surface area contributed by atoms with Gasteiger partial charge in [-0.05, 0) is 12.1 Å². The number of anilines is 2. The number of benzene rings is 1. The van der Waals surface area contributed by atoms with E-state index in [2.05, 4.69) is 15.2 Å². The summed E-state index contributed by atoms with van der Waals surface area (Å²) in [4.78, 5) is 18.5. The molecule has 0 spiro atoms. The first-order chi connectivity index (χ1) is 9.83. The van der Waals surface area contributed by atoms with Gasteiger partial charge in [0.15, 0.2) is 5.13 Å². The minimum atomic E-state index is -0.131. The third kappa shape index (κ3) is 2.97. The lowest BCUT2D eigenvalue weighted by atomic mass is 10.2. The maximum absolute atomic E-state index is 12.0. The second kappa shape index (κ2) is 6.02. The summed E-state index contributed by atoms with van der Waals surface area (Å²) in [6.07, 6.45) is 1.80. The molecule has 0 radical (unpaired) electrons. The van der Waals surface area contributed by atoms with E-state index in [1.807, 2.05) is 18.2 Å². The molecule has 3 rings (SSSR count). The summed E-state index contributed by atoms with van der Waals surface area (Å²) in [5.41, 5.74) is 0.635. The highest BCUT2D eigenvalue weighted by molar-refractivity contribution is 7.19. The lowest BCUT2D eigenvalue weighted by Gasteiger charge is -2.26. The molecule has 1 amide bonds. The van der Waals surface area contributed by atoms with Gasteiger partial charge in [-0.2, -0.15) is 0 Å². The second-order valence-electron chi connectivity index (χ2n) is 4.42. The molecule has 1 saturated heterocycles. The topological polar surface area (TPSA) is 54.5 Å². The van der Waals surface area contributed by atoms with Crippen LogP contribution in [0.2, 0.25) is 0 Å². The molecule has 1 N–H and O–H groups in total. The van der Waals surface area contributed by atoms with E-state index in [0.29, 0.717) is 10.7 Å². The average Bonchev–Trinajstić information content (AvgIpc) is 2.97. The number of hydrogen-bond acceptors (Lipinski definition) is 5. The summed E-state index contributed by atoms with van der Waals surface area (Å²) >= 11 is 1.49. The Morgan fingerprint density at radius 3 is 2.75 bits per heavy atom. The zero-order valence-electron chi connectivity index (χ0n) is 10.9. The number of carbonyl (C=O) groups is 1. The average molecular weight is 289 g/mol. The van der Waals surface area contributed by atoms with Gasteiger partial charge < -0.3 is 9.64 Å². The predicted molar refractivity (Wildman–Crippen MR) is 79.5 cm³/mol. The van der Waals surface area contributed by atoms with Crippen molar-refractivity contribution in [2.75, 3.05) is 36.5 Å². The molecule has 0 aliphatic carbocycles. The largest absolute Gasteiger partial charge is 0.378 e. The Labute approximate surface area is 121 Å². The van der Waals surface area contributed by atoms with Crippen LogP contribution in [0.25, 0.3) is 0 Å². The fourth-order valence-corrected chi connectivity index (χ4v) is 2.88. The highest BCUT2D eigenvalue weighted by atomic mass is 32.1. The van der Waals surface area contributed by atoms with Crippen LogP contribution in [0, 0.1) is 0 Å². The summed E-state index contributed by atoms with van der Waals surface area (Å²) in [7, 11) is 0. The fourth-order valence-electron chi connectivity index (χ4n) is 2.01. The van der Waals surface area contributed by atoms with Crippen molar-refractivity contribution >= 4 is 27.4 Å². The second-order valence-corrected chi connectivity index (χ2v) is 5.43. The number of ether oxygens (including phenoxy) is 1. The van der Waals surface area contributed by atoms with Gasteiger partial charge in [-0.25, -0.2) is 4.98 Å². The summed E-state index contributed by atoms with van der Waals surface area (Å²) in [5, 5.41) is 4.52. The van der Waals surface area contributed by atoms with E-state index >= 15 is 0 Å². The Hall–Kier alpha value is -1.92. The Balaban J connectivity index is 1.66. The number of thiazole rings is 1. The smallest absolute Gasteiger partial charge is 0.257 e. The number of hydrogen-bond donors (Lipinski definition) is 1. The van der Waals surface area contributed by atoms with Gasteiger partial charge in [0.1, 0.15) is 5.00 Å². The van der Waals surface area contributed by atoms with Crippen molar-refractivity contribution in [1.82, 2.24) is 4.98 Å². The van der Waals surface area contributed by atoms with E-state index in [9.17, 15) is 4.79 Å². The fraction of sp³-hybridized carbons (Fsp3) is 0.286. The summed E-state index contributed by atoms with van der Waals surface area (Å²) < 4.78 is 5.32. The summed E-state index contributed by atoms with van der Waals surface area (Å²) in [5.74, 6) is -0.131. The van der Waals surface area contributed by atoms with Crippen molar-refractivity contribution in [1.29, 1.82) is 0 Å². The molecule has 104 valence electrons. The number of morpholine rings is 1. The van der Waals surface area contributed by atoms with E-state index in [-0.39, 0.29) is 5.91 Å². The van der Waals surface area contributed by atoms with Crippen LogP contribution in [-0.4, -0.2) is 37.2 Å². The lowest BCUT2D eigenvalue weighted by molar-refractivity contribution is 0.102. The SMILES string of the molecule is O=C(Nc1ncc(N2CCOCC2)s1)c1ccccc1. The molecule has 0 saturated carbocycles. The van der Waals surface area contributed by atoms with Gasteiger partial charge >= 0.3 is 0 Å². The van der Waals surface area contributed by atoms with Crippen LogP contribution in [0.3, 0.4) is 0 Å². The van der Waals surface area contributed by atoms with Gasteiger partial charge in [0.25, 0.3) is 5.91 Å². The van der Waals surface area contributed by atoms with E-state index in [4.69, 9.17) is 4.74 Å². The molecule has 2 heterocycles. The summed E-state index contributed by atoms with van der Waals surface area (Å²) in [6.45, 7) is 3.22. The molecule has 1 fully saturated rings. The third-order valence-electron chi connectivity index (χ3n) is 3.07. The first-order valence-corrected chi connectivity index (χ1v) is 7.29. The maximum atomic E-state index is 12.0. The first kappa shape index (κ1) is 13.1. The Kier molecular flexibility index (Phi) is 3.94. The van der Waals surface area contributed by atoms with E-state index in [1.54, 1.807) is 18.3 Å². The van der Waals surface area contributed by atoms with Crippen molar-refractivity contribution in [2.45, 2.75) is 0 Å². The quantitative estimate of drug-likeness (QED) is 0.941. The van der Waals surface area contributed by atoms with Crippen molar-refractivity contribution < 1.29 is 9.53 Å². The number of carbonyl (C=O) groups excluding carboxylic acids is 1. The molecule has 0 unspecified atom stereocenters. The minimum Gasteiger partial charge on any atom is -0.378 e. The van der Waals surface area contributed by atoms with Crippen LogP contribution in [0.1, 0.15) is 10.4 Å². The molecule has 0 atom stereocenters. The van der Waals surface area contributed by atoms with Crippen LogP contribution >= 0.6 is 11.3 Å². The molecule has 0 bridgehead atoms. The zero-order chi connectivity index (χ0) is 13.8. The molecule has 1 aromatic carbocycles. The standard InChI is InChI=1S/C14H15N3O2S/c18-13(11-4-2-1-3-5-11)16-14-15-10-12(20-14)17-6-8-19-9-7-17/h1-5,10H,6-9H2,(H,15,16,18). The van der Waals surface area contributed by atoms with Gasteiger partial charge in [-0.1, -0.05) is 29.5 Å². The van der Waals surface area contributed by atoms with Crippen LogP contribution < -0.4 is 10.2 Å². The Morgan fingerprint density at radius 2 is 2.00 bits per heavy atom. The molecule has 1 aliphatic rings. The van der Waals surface area contributed by atoms with Crippen LogP contribution in [0.15, 0.2) is 36.5 Å². The third-order valence-corrected chi connectivity index (χ3v) is 4.05. The van der Waals surface area contributed by atoms with Gasteiger partial charge in [0, 0.05) is 18.7 Å². The monoisotopic (exact) mass is 289 g/mol. The van der Waals surface area contributed by atoms with Crippen molar-refractivity contribution in [3.8, 4) is 0 Å². The highest BCUT2D eigenvalue weighted by Gasteiger charge is 2.15. The molecule has 1 aliphatic heterocycles. The maximum Gasteiger partial charge on any atom is 0.257 e. The van der Waals surface area contributed by atoms with Gasteiger partial charge in [0.2, 0.25) is 0 Å². The number of aromatic nitrogens is 1. The van der Waals surface area contributed by atoms with Crippen LogP contribution in [0.4, 0.5) is 10.1 Å². The lowest BCUT2D eigenvalue weighted by Crippen LogP contribution is -2.35. The normalized spacial score (nSPS) is 15.1. The van der Waals surface area contributed by atoms with Gasteiger partial charge in [-0.3, -0.25) is 10.1 Å². The minimum absolute atomic E-state index is 0.131. The molecule has 20 heavy (non-hydrogen) atoms. The number of nitrogens with zero attached hydrogens (tertiary/aromatic N) is 2. The van der Waals surface area contributed by atoms with Gasteiger partial charge in [-0.15, -0.1) is 0 Å². The van der Waals surface area contributed by atoms with E-state index < -0.39 is 0 Å². The summed E-state index contributed by atoms with van der Waals surface area (Å²) in [6, 6.07) is 9.14. The molecular formula is C14H15N3O2S. The molecule has 2 aromatic rings. The molecule has 5 nitrogen and oxygen atoms in total. The van der Waals surface area contributed by atoms with Crippen molar-refractivity contribution in [2.24, 2.45) is 0 Å². The highest BCUT2D eigenvalue weighted by Crippen LogP contribution is 2.27. The first-order valence-electron chi connectivity index (χ1n) is 6.48. The Morgan fingerprint density at radius 1 is 1.25 bits per heavy atom. The number of amides is 1. The van der Waals surface area contributed by atoms with Crippen molar-refractivity contribution in [3.05, 3.63) is 42.1 Å². The number of nitrogens with one attached hydrogen (secondary N) is 1. The van der Waals surface area contributed by atoms with Crippen LogP contribution in [0.5, 0.6) is 0 Å². The molecule has 6 heteroatoms. The molecular weight excluding hydrogens is 274 g/mol. The van der Waals surface area contributed by atoms with E-state index in [0.717, 1.165) is 31.3 Å². The zero-order valence-corrected chi connectivity index (χ0v) is 11.7. The predicted octanol–water partition coefficient (Wildman–Crippen LogP) is 2.23. The molecule has 1 aromatic heterocycles. The van der Waals surface area contributed by atoms with E-state index in [1.165, 1.54) is 11.3 Å². The van der Waals surface area contributed by atoms with Crippen LogP contribution in [-0.2, 0) is 4.74 Å². The van der Waals surface area contributed by atoms with Crippen molar-refractivity contribution in [3.63, 3.8) is 0 Å². The Bertz CT molecular complexity index is 579. The number of rotatable bonds is 3.